The van der Waals surface area contributed by atoms with Gasteiger partial charge in [-0.15, -0.1) is 0 Å². The lowest BCUT2D eigenvalue weighted by Crippen LogP contribution is -1.98. The number of benzene rings is 3. The molecule has 3 aromatic rings. The van der Waals surface area contributed by atoms with E-state index >= 15 is 0 Å². The highest BCUT2D eigenvalue weighted by Crippen LogP contribution is 2.33. The van der Waals surface area contributed by atoms with Crippen LogP contribution in [0.1, 0.15) is 11.1 Å². The van der Waals surface area contributed by atoms with E-state index in [9.17, 15) is 9.90 Å². The standard InChI is InChI=1S/C23H15ClO3/c24-19-8-4-7-18(14-19)21-22(25)20(27-23(21)26)13-15-9-11-17(12-10-15)16-5-2-1-3-6-16/h1-14,25H. The molecular weight excluding hydrogens is 360 g/mol. The molecule has 0 fully saturated rings. The molecule has 0 amide bonds. The number of hydrogen-bond donors (Lipinski definition) is 1. The number of carbonyl (C=O) groups excluding carboxylic acids is 1. The average molecular weight is 375 g/mol. The van der Waals surface area contributed by atoms with E-state index in [4.69, 9.17) is 16.3 Å². The Morgan fingerprint density at radius 3 is 2.19 bits per heavy atom. The Kier molecular flexibility index (Phi) is 4.53. The summed E-state index contributed by atoms with van der Waals surface area (Å²) in [6, 6.07) is 24.6. The molecule has 3 nitrogen and oxygen atoms in total. The molecule has 4 rings (SSSR count). The Hall–Kier alpha value is -3.30. The predicted molar refractivity (Wildman–Crippen MR) is 107 cm³/mol. The molecule has 0 unspecified atom stereocenters. The molecule has 1 aliphatic rings. The Balaban J connectivity index is 1.65. The molecule has 3 aromatic carbocycles. The average Bonchev–Trinajstić information content (AvgIpc) is 2.96. The van der Waals surface area contributed by atoms with Crippen LogP contribution in [0.2, 0.25) is 5.02 Å². The lowest BCUT2D eigenvalue weighted by molar-refractivity contribution is -0.131. The van der Waals surface area contributed by atoms with E-state index < -0.39 is 5.97 Å². The third-order valence-corrected chi connectivity index (χ3v) is 4.54. The van der Waals surface area contributed by atoms with Gasteiger partial charge in [-0.25, -0.2) is 4.79 Å². The molecule has 0 saturated heterocycles. The van der Waals surface area contributed by atoms with Crippen molar-refractivity contribution in [2.24, 2.45) is 0 Å². The van der Waals surface area contributed by atoms with Crippen molar-refractivity contribution in [3.05, 3.63) is 107 Å². The van der Waals surface area contributed by atoms with Crippen molar-refractivity contribution in [2.75, 3.05) is 0 Å². The fourth-order valence-electron chi connectivity index (χ4n) is 2.97. The molecule has 1 heterocycles. The molecule has 1 N–H and O–H groups in total. The van der Waals surface area contributed by atoms with Gasteiger partial charge in [0.2, 0.25) is 0 Å². The lowest BCUT2D eigenvalue weighted by Gasteiger charge is -2.03. The van der Waals surface area contributed by atoms with Crippen LogP contribution >= 0.6 is 11.6 Å². The fourth-order valence-corrected chi connectivity index (χ4v) is 3.16. The van der Waals surface area contributed by atoms with Crippen molar-refractivity contribution in [3.63, 3.8) is 0 Å². The molecule has 132 valence electrons. The number of hydrogen-bond acceptors (Lipinski definition) is 3. The van der Waals surface area contributed by atoms with Crippen LogP contribution in [0.25, 0.3) is 22.8 Å². The number of esters is 1. The van der Waals surface area contributed by atoms with E-state index in [-0.39, 0.29) is 17.1 Å². The molecule has 0 radical (unpaired) electrons. The van der Waals surface area contributed by atoms with Crippen LogP contribution in [0.4, 0.5) is 0 Å². The highest BCUT2D eigenvalue weighted by Gasteiger charge is 2.31. The Morgan fingerprint density at radius 2 is 1.48 bits per heavy atom. The van der Waals surface area contributed by atoms with Gasteiger partial charge in [0.1, 0.15) is 5.57 Å². The first-order valence-electron chi connectivity index (χ1n) is 8.41. The number of cyclic esters (lactones) is 1. The predicted octanol–water partition coefficient (Wildman–Crippen LogP) is 5.87. The number of aliphatic hydroxyl groups is 1. The normalized spacial score (nSPS) is 15.3. The minimum atomic E-state index is -0.595. The maximum atomic E-state index is 12.2. The van der Waals surface area contributed by atoms with Crippen molar-refractivity contribution in [1.82, 2.24) is 0 Å². The van der Waals surface area contributed by atoms with Crippen molar-refractivity contribution in [1.29, 1.82) is 0 Å². The van der Waals surface area contributed by atoms with Crippen LogP contribution in [0.3, 0.4) is 0 Å². The van der Waals surface area contributed by atoms with E-state index in [1.807, 2.05) is 54.6 Å². The van der Waals surface area contributed by atoms with Gasteiger partial charge < -0.3 is 9.84 Å². The lowest BCUT2D eigenvalue weighted by atomic mass is 10.0. The molecular formula is C23H15ClO3. The van der Waals surface area contributed by atoms with Crippen LogP contribution in [-0.2, 0) is 9.53 Å². The largest absolute Gasteiger partial charge is 0.504 e. The third kappa shape index (κ3) is 3.50. The van der Waals surface area contributed by atoms with Crippen molar-refractivity contribution in [3.8, 4) is 11.1 Å². The minimum absolute atomic E-state index is 0.115. The van der Waals surface area contributed by atoms with Gasteiger partial charge in [0.05, 0.1) is 0 Å². The summed E-state index contributed by atoms with van der Waals surface area (Å²) in [6.07, 6.45) is 1.64. The molecule has 0 bridgehead atoms. The third-order valence-electron chi connectivity index (χ3n) is 4.31. The van der Waals surface area contributed by atoms with Gasteiger partial charge >= 0.3 is 5.97 Å². The molecule has 0 aliphatic carbocycles. The van der Waals surface area contributed by atoms with Gasteiger partial charge in [0.25, 0.3) is 0 Å². The SMILES string of the molecule is O=C1OC(=Cc2ccc(-c3ccccc3)cc2)C(O)=C1c1cccc(Cl)c1. The Bertz CT molecular complexity index is 1060. The second-order valence-electron chi connectivity index (χ2n) is 6.12. The van der Waals surface area contributed by atoms with E-state index in [0.717, 1.165) is 16.7 Å². The highest BCUT2D eigenvalue weighted by atomic mass is 35.5. The first-order chi connectivity index (χ1) is 13.1. The summed E-state index contributed by atoms with van der Waals surface area (Å²) in [4.78, 5) is 12.2. The minimum Gasteiger partial charge on any atom is -0.504 e. The zero-order valence-electron chi connectivity index (χ0n) is 14.2. The van der Waals surface area contributed by atoms with Crippen LogP contribution < -0.4 is 0 Å². The fraction of sp³-hybridized carbons (Fsp3) is 0. The number of halogens is 1. The molecule has 0 atom stereocenters. The zero-order valence-corrected chi connectivity index (χ0v) is 15.0. The van der Waals surface area contributed by atoms with E-state index in [1.54, 1.807) is 30.3 Å². The molecule has 0 aromatic heterocycles. The van der Waals surface area contributed by atoms with Crippen LogP contribution in [0, 0.1) is 0 Å². The van der Waals surface area contributed by atoms with Gasteiger partial charge in [-0.1, -0.05) is 78.3 Å². The second kappa shape index (κ2) is 7.14. The van der Waals surface area contributed by atoms with Gasteiger partial charge in [-0.2, -0.15) is 0 Å². The molecule has 0 saturated carbocycles. The van der Waals surface area contributed by atoms with E-state index in [1.165, 1.54) is 0 Å². The number of aliphatic hydroxyl groups excluding tert-OH is 1. The summed E-state index contributed by atoms with van der Waals surface area (Å²) in [5.41, 5.74) is 3.66. The van der Waals surface area contributed by atoms with Crippen molar-refractivity contribution >= 4 is 29.2 Å². The monoisotopic (exact) mass is 374 g/mol. The summed E-state index contributed by atoms with van der Waals surface area (Å²) < 4.78 is 5.25. The summed E-state index contributed by atoms with van der Waals surface area (Å²) >= 11 is 5.98. The van der Waals surface area contributed by atoms with Gasteiger partial charge in [0.15, 0.2) is 11.5 Å². The second-order valence-corrected chi connectivity index (χ2v) is 6.56. The summed E-state index contributed by atoms with van der Waals surface area (Å²) in [7, 11) is 0. The first kappa shape index (κ1) is 17.1. The summed E-state index contributed by atoms with van der Waals surface area (Å²) in [5, 5.41) is 11.0. The number of ether oxygens (including phenoxy) is 1. The van der Waals surface area contributed by atoms with Gasteiger partial charge in [0, 0.05) is 5.02 Å². The van der Waals surface area contributed by atoms with Gasteiger partial charge in [-0.3, -0.25) is 0 Å². The quantitative estimate of drug-likeness (QED) is 0.583. The number of rotatable bonds is 3. The maximum Gasteiger partial charge on any atom is 0.348 e. The van der Waals surface area contributed by atoms with E-state index in [0.29, 0.717) is 10.6 Å². The maximum absolute atomic E-state index is 12.2. The Morgan fingerprint density at radius 1 is 0.815 bits per heavy atom. The molecule has 1 aliphatic heterocycles. The van der Waals surface area contributed by atoms with Crippen LogP contribution in [0.15, 0.2) is 90.4 Å². The first-order valence-corrected chi connectivity index (χ1v) is 8.78. The smallest absolute Gasteiger partial charge is 0.348 e. The van der Waals surface area contributed by atoms with E-state index in [2.05, 4.69) is 0 Å². The summed E-state index contributed by atoms with van der Waals surface area (Å²) in [6.45, 7) is 0. The zero-order chi connectivity index (χ0) is 18.8. The summed E-state index contributed by atoms with van der Waals surface area (Å²) in [5.74, 6) is -0.654. The van der Waals surface area contributed by atoms with Crippen molar-refractivity contribution < 1.29 is 14.6 Å². The molecule has 27 heavy (non-hydrogen) atoms. The van der Waals surface area contributed by atoms with Crippen molar-refractivity contribution in [2.45, 2.75) is 0 Å². The van der Waals surface area contributed by atoms with Crippen LogP contribution in [0.5, 0.6) is 0 Å². The number of carbonyl (C=O) groups is 1. The molecule has 0 spiro atoms. The molecule has 4 heteroatoms. The Labute approximate surface area is 161 Å². The highest BCUT2D eigenvalue weighted by molar-refractivity contribution is 6.31. The van der Waals surface area contributed by atoms with Gasteiger partial charge in [-0.05, 0) is 40.5 Å². The van der Waals surface area contributed by atoms with Crippen LogP contribution in [-0.4, -0.2) is 11.1 Å². The topological polar surface area (TPSA) is 46.5 Å².